The Labute approximate surface area is 77.7 Å². The molecule has 0 spiro atoms. The minimum atomic E-state index is -0.281. The highest BCUT2D eigenvalue weighted by atomic mass is 16.6. The van der Waals surface area contributed by atoms with E-state index in [9.17, 15) is 0 Å². The standard InChI is InChI=1S/C8H16N2O3/c1-12-8(5-11)6-13-10-4-7-2-9-3-7/h4,7-9,11H,2-3,5-6H2,1H3. The summed E-state index contributed by atoms with van der Waals surface area (Å²) >= 11 is 0. The number of hydrogen-bond donors (Lipinski definition) is 2. The highest BCUT2D eigenvalue weighted by Crippen LogP contribution is 1.98. The molecule has 76 valence electrons. The molecule has 0 radical (unpaired) electrons. The second-order valence-corrected chi connectivity index (χ2v) is 3.01. The van der Waals surface area contributed by atoms with E-state index in [2.05, 4.69) is 10.5 Å². The molecule has 0 aromatic rings. The Kier molecular flexibility index (Phi) is 4.74. The Hall–Kier alpha value is -0.650. The maximum atomic E-state index is 8.73. The predicted molar refractivity (Wildman–Crippen MR) is 48.7 cm³/mol. The molecule has 1 heterocycles. The maximum absolute atomic E-state index is 8.73. The zero-order valence-corrected chi connectivity index (χ0v) is 7.77. The Morgan fingerprint density at radius 3 is 2.92 bits per heavy atom. The summed E-state index contributed by atoms with van der Waals surface area (Å²) in [6.07, 6.45) is 1.50. The summed E-state index contributed by atoms with van der Waals surface area (Å²) in [6, 6.07) is 0. The van der Waals surface area contributed by atoms with Gasteiger partial charge in [-0.1, -0.05) is 5.16 Å². The van der Waals surface area contributed by atoms with Crippen LogP contribution in [0.2, 0.25) is 0 Å². The van der Waals surface area contributed by atoms with Crippen molar-refractivity contribution < 1.29 is 14.7 Å². The van der Waals surface area contributed by atoms with Gasteiger partial charge in [0.1, 0.15) is 12.7 Å². The summed E-state index contributed by atoms with van der Waals surface area (Å²) in [6.45, 7) is 2.20. The number of nitrogens with one attached hydrogen (secondary N) is 1. The lowest BCUT2D eigenvalue weighted by molar-refractivity contribution is -0.0184. The van der Waals surface area contributed by atoms with Crippen molar-refractivity contribution >= 4 is 6.21 Å². The summed E-state index contributed by atoms with van der Waals surface area (Å²) in [7, 11) is 1.53. The first-order chi connectivity index (χ1) is 6.36. The van der Waals surface area contributed by atoms with Crippen LogP contribution in [0.25, 0.3) is 0 Å². The van der Waals surface area contributed by atoms with Crippen LogP contribution in [0.3, 0.4) is 0 Å². The summed E-state index contributed by atoms with van der Waals surface area (Å²) in [4.78, 5) is 4.94. The molecule has 5 heteroatoms. The molecule has 0 aromatic heterocycles. The topological polar surface area (TPSA) is 63.1 Å². The van der Waals surface area contributed by atoms with Crippen molar-refractivity contribution in [3.63, 3.8) is 0 Å². The number of rotatable bonds is 6. The van der Waals surface area contributed by atoms with Crippen molar-refractivity contribution in [1.29, 1.82) is 0 Å². The molecule has 1 atom stereocenters. The highest BCUT2D eigenvalue weighted by Gasteiger charge is 2.13. The summed E-state index contributed by atoms with van der Waals surface area (Å²) < 4.78 is 4.89. The fourth-order valence-corrected chi connectivity index (χ4v) is 0.867. The van der Waals surface area contributed by atoms with Gasteiger partial charge in [-0.3, -0.25) is 0 Å². The van der Waals surface area contributed by atoms with Crippen LogP contribution in [0, 0.1) is 5.92 Å². The molecule has 0 aliphatic carbocycles. The molecule has 0 bridgehead atoms. The molecule has 0 saturated carbocycles. The van der Waals surface area contributed by atoms with Gasteiger partial charge in [-0.05, 0) is 0 Å². The van der Waals surface area contributed by atoms with Crippen molar-refractivity contribution in [3.8, 4) is 0 Å². The number of aliphatic hydroxyl groups excluding tert-OH is 1. The summed E-state index contributed by atoms with van der Waals surface area (Å²) in [5.74, 6) is 0.495. The molecular formula is C8H16N2O3. The number of nitrogens with zero attached hydrogens (tertiary/aromatic N) is 1. The third kappa shape index (κ3) is 3.71. The third-order valence-corrected chi connectivity index (χ3v) is 1.96. The summed E-state index contributed by atoms with van der Waals surface area (Å²) in [5, 5.41) is 15.6. The molecule has 1 fully saturated rings. The zero-order chi connectivity index (χ0) is 9.52. The van der Waals surface area contributed by atoms with Gasteiger partial charge >= 0.3 is 0 Å². The first-order valence-corrected chi connectivity index (χ1v) is 4.36. The van der Waals surface area contributed by atoms with E-state index >= 15 is 0 Å². The lowest BCUT2D eigenvalue weighted by atomic mass is 10.1. The van der Waals surface area contributed by atoms with Gasteiger partial charge in [0.05, 0.1) is 6.61 Å². The van der Waals surface area contributed by atoms with Crippen LogP contribution in [0.5, 0.6) is 0 Å². The SMILES string of the molecule is COC(CO)CON=CC1CNC1. The van der Waals surface area contributed by atoms with E-state index in [-0.39, 0.29) is 12.7 Å². The molecule has 1 aliphatic heterocycles. The van der Waals surface area contributed by atoms with Crippen LogP contribution in [0.15, 0.2) is 5.16 Å². The van der Waals surface area contributed by atoms with Gasteiger partial charge in [0.25, 0.3) is 0 Å². The van der Waals surface area contributed by atoms with Crippen LogP contribution in [-0.4, -0.2) is 50.8 Å². The van der Waals surface area contributed by atoms with Crippen molar-refractivity contribution in [2.24, 2.45) is 11.1 Å². The number of ether oxygens (including phenoxy) is 1. The molecule has 13 heavy (non-hydrogen) atoms. The lowest BCUT2D eigenvalue weighted by Gasteiger charge is -2.22. The first-order valence-electron chi connectivity index (χ1n) is 4.36. The molecule has 5 nitrogen and oxygen atoms in total. The number of aliphatic hydroxyl groups is 1. The van der Waals surface area contributed by atoms with E-state index in [1.165, 1.54) is 7.11 Å². The molecule has 0 aromatic carbocycles. The predicted octanol–water partition coefficient (Wildman–Crippen LogP) is -0.784. The third-order valence-electron chi connectivity index (χ3n) is 1.96. The Balaban J connectivity index is 2.01. The summed E-state index contributed by atoms with van der Waals surface area (Å²) in [5.41, 5.74) is 0. The maximum Gasteiger partial charge on any atom is 0.145 e. The van der Waals surface area contributed by atoms with Gasteiger partial charge < -0.3 is 20.0 Å². The number of oxime groups is 1. The molecule has 1 saturated heterocycles. The Bertz CT molecular complexity index is 155. The minimum Gasteiger partial charge on any atom is -0.394 e. The lowest BCUT2D eigenvalue weighted by Crippen LogP contribution is -2.42. The molecule has 1 aliphatic rings. The smallest absolute Gasteiger partial charge is 0.145 e. The molecule has 2 N–H and O–H groups in total. The van der Waals surface area contributed by atoms with E-state index < -0.39 is 0 Å². The molecule has 1 rings (SSSR count). The van der Waals surface area contributed by atoms with Crippen molar-refractivity contribution in [1.82, 2.24) is 5.32 Å². The zero-order valence-electron chi connectivity index (χ0n) is 7.77. The number of hydrogen-bond acceptors (Lipinski definition) is 5. The van der Waals surface area contributed by atoms with Crippen molar-refractivity contribution in [2.45, 2.75) is 6.10 Å². The van der Waals surface area contributed by atoms with Crippen LogP contribution in [0.1, 0.15) is 0 Å². The van der Waals surface area contributed by atoms with E-state index in [0.717, 1.165) is 13.1 Å². The highest BCUT2D eigenvalue weighted by molar-refractivity contribution is 5.61. The Morgan fingerprint density at radius 2 is 2.46 bits per heavy atom. The molecular weight excluding hydrogens is 172 g/mol. The normalized spacial score (nSPS) is 20.2. The molecule has 1 unspecified atom stereocenters. The fourth-order valence-electron chi connectivity index (χ4n) is 0.867. The largest absolute Gasteiger partial charge is 0.394 e. The second kappa shape index (κ2) is 5.90. The monoisotopic (exact) mass is 188 g/mol. The van der Waals surface area contributed by atoms with Crippen LogP contribution in [0.4, 0.5) is 0 Å². The first kappa shape index (κ1) is 10.4. The van der Waals surface area contributed by atoms with Crippen LogP contribution in [-0.2, 0) is 9.57 Å². The molecule has 0 amide bonds. The Morgan fingerprint density at radius 1 is 1.69 bits per heavy atom. The second-order valence-electron chi connectivity index (χ2n) is 3.01. The quantitative estimate of drug-likeness (QED) is 0.424. The van der Waals surface area contributed by atoms with E-state index in [1.54, 1.807) is 6.21 Å². The van der Waals surface area contributed by atoms with Crippen molar-refractivity contribution in [3.05, 3.63) is 0 Å². The average molecular weight is 188 g/mol. The van der Waals surface area contributed by atoms with Gasteiger partial charge in [0.2, 0.25) is 0 Å². The van der Waals surface area contributed by atoms with Gasteiger partial charge in [-0.15, -0.1) is 0 Å². The van der Waals surface area contributed by atoms with E-state index in [1.807, 2.05) is 0 Å². The average Bonchev–Trinajstić information content (AvgIpc) is 2.08. The van der Waals surface area contributed by atoms with Gasteiger partial charge in [0, 0.05) is 32.3 Å². The number of methoxy groups -OCH3 is 1. The minimum absolute atomic E-state index is 0.0446. The van der Waals surface area contributed by atoms with Crippen molar-refractivity contribution in [2.75, 3.05) is 33.4 Å². The van der Waals surface area contributed by atoms with E-state index in [0.29, 0.717) is 12.5 Å². The van der Waals surface area contributed by atoms with Gasteiger partial charge in [-0.25, -0.2) is 0 Å². The van der Waals surface area contributed by atoms with Crippen LogP contribution >= 0.6 is 0 Å². The fraction of sp³-hybridized carbons (Fsp3) is 0.875. The van der Waals surface area contributed by atoms with Gasteiger partial charge in [0.15, 0.2) is 0 Å². The van der Waals surface area contributed by atoms with Crippen LogP contribution < -0.4 is 5.32 Å². The van der Waals surface area contributed by atoms with Gasteiger partial charge in [-0.2, -0.15) is 0 Å². The van der Waals surface area contributed by atoms with E-state index in [4.69, 9.17) is 14.7 Å².